The number of rotatable bonds is 3. The van der Waals surface area contributed by atoms with Crippen LogP contribution in [0.15, 0.2) is 16.9 Å². The van der Waals surface area contributed by atoms with Gasteiger partial charge in [-0.1, -0.05) is 16.8 Å². The molecule has 6 nitrogen and oxygen atoms in total. The molecule has 0 aliphatic heterocycles. The van der Waals surface area contributed by atoms with E-state index in [1.165, 1.54) is 12.4 Å². The molecule has 0 bridgehead atoms. The third kappa shape index (κ3) is 2.65. The van der Waals surface area contributed by atoms with Crippen molar-refractivity contribution in [3.8, 4) is 0 Å². The summed E-state index contributed by atoms with van der Waals surface area (Å²) in [6, 6.07) is 0. The van der Waals surface area contributed by atoms with Crippen molar-refractivity contribution in [1.29, 1.82) is 0 Å². The topological polar surface area (TPSA) is 80.9 Å². The molecule has 0 saturated carbocycles. The molecule has 94 valence electrons. The molecule has 2 heterocycles. The number of carbonyl (C=O) groups excluding carboxylic acids is 1. The van der Waals surface area contributed by atoms with Gasteiger partial charge in [0.25, 0.3) is 5.91 Å². The van der Waals surface area contributed by atoms with Crippen LogP contribution in [0, 0.1) is 13.8 Å². The molecule has 0 aliphatic carbocycles. The van der Waals surface area contributed by atoms with Crippen LogP contribution >= 0.6 is 11.6 Å². The van der Waals surface area contributed by atoms with Crippen LogP contribution in [0.3, 0.4) is 0 Å². The summed E-state index contributed by atoms with van der Waals surface area (Å²) in [5, 5.41) is 6.77. The first-order valence-electron chi connectivity index (χ1n) is 5.25. The number of nitrogens with zero attached hydrogens (tertiary/aromatic N) is 3. The highest BCUT2D eigenvalue weighted by molar-refractivity contribution is 6.29. The summed E-state index contributed by atoms with van der Waals surface area (Å²) in [7, 11) is 0. The van der Waals surface area contributed by atoms with E-state index in [0.29, 0.717) is 12.3 Å². The van der Waals surface area contributed by atoms with E-state index in [9.17, 15) is 4.79 Å². The van der Waals surface area contributed by atoms with E-state index in [4.69, 9.17) is 16.1 Å². The second-order valence-corrected chi connectivity index (χ2v) is 4.10. The Bertz CT molecular complexity index is 545. The maximum absolute atomic E-state index is 11.8. The van der Waals surface area contributed by atoms with Gasteiger partial charge in [0.2, 0.25) is 0 Å². The zero-order chi connectivity index (χ0) is 13.1. The lowest BCUT2D eigenvalue weighted by molar-refractivity contribution is 0.0945. The van der Waals surface area contributed by atoms with Crippen molar-refractivity contribution in [1.82, 2.24) is 20.4 Å². The molecule has 18 heavy (non-hydrogen) atoms. The number of halogens is 1. The summed E-state index contributed by atoms with van der Waals surface area (Å²) in [4.78, 5) is 19.4. The van der Waals surface area contributed by atoms with E-state index in [2.05, 4.69) is 20.4 Å². The predicted molar refractivity (Wildman–Crippen MR) is 64.2 cm³/mol. The van der Waals surface area contributed by atoms with Gasteiger partial charge >= 0.3 is 0 Å². The molecule has 2 aromatic rings. The summed E-state index contributed by atoms with van der Waals surface area (Å²) in [5.41, 5.74) is 1.84. The minimum absolute atomic E-state index is 0.214. The largest absolute Gasteiger partial charge is 0.361 e. The van der Waals surface area contributed by atoms with E-state index >= 15 is 0 Å². The van der Waals surface area contributed by atoms with Crippen LogP contribution in [0.5, 0.6) is 0 Å². The lowest BCUT2D eigenvalue weighted by atomic mass is 10.2. The Kier molecular flexibility index (Phi) is 3.57. The average molecular weight is 267 g/mol. The summed E-state index contributed by atoms with van der Waals surface area (Å²) in [6.07, 6.45) is 2.65. The van der Waals surface area contributed by atoms with Crippen molar-refractivity contribution in [2.75, 3.05) is 0 Å². The summed E-state index contributed by atoms with van der Waals surface area (Å²) in [5.74, 6) is 0.370. The third-order valence-electron chi connectivity index (χ3n) is 2.46. The minimum atomic E-state index is -0.320. The fourth-order valence-electron chi connectivity index (χ4n) is 1.44. The first kappa shape index (κ1) is 12.5. The van der Waals surface area contributed by atoms with Gasteiger partial charge in [-0.25, -0.2) is 9.97 Å². The lowest BCUT2D eigenvalue weighted by Gasteiger charge is -2.03. The van der Waals surface area contributed by atoms with E-state index in [0.717, 1.165) is 11.3 Å². The first-order chi connectivity index (χ1) is 8.58. The Hall–Kier alpha value is -1.95. The molecule has 0 unspecified atom stereocenters. The van der Waals surface area contributed by atoms with Gasteiger partial charge in [-0.15, -0.1) is 0 Å². The van der Waals surface area contributed by atoms with Gasteiger partial charge in [-0.2, -0.15) is 0 Å². The fourth-order valence-corrected chi connectivity index (χ4v) is 1.54. The Labute approximate surface area is 108 Å². The first-order valence-corrected chi connectivity index (χ1v) is 5.63. The third-order valence-corrected chi connectivity index (χ3v) is 2.66. The van der Waals surface area contributed by atoms with Crippen LogP contribution in [-0.4, -0.2) is 21.0 Å². The molecule has 2 aromatic heterocycles. The summed E-state index contributed by atoms with van der Waals surface area (Å²) in [6.45, 7) is 3.95. The van der Waals surface area contributed by atoms with Gasteiger partial charge in [-0.3, -0.25) is 4.79 Å². The Morgan fingerprint density at radius 1 is 1.39 bits per heavy atom. The number of amides is 1. The molecule has 0 saturated heterocycles. The quantitative estimate of drug-likeness (QED) is 0.914. The zero-order valence-electron chi connectivity index (χ0n) is 9.90. The van der Waals surface area contributed by atoms with E-state index in [1.54, 1.807) is 6.92 Å². The molecule has 0 radical (unpaired) electrons. The monoisotopic (exact) mass is 266 g/mol. The van der Waals surface area contributed by atoms with Crippen LogP contribution in [0.25, 0.3) is 0 Å². The molecule has 0 fully saturated rings. The molecular formula is C11H11ClN4O2. The molecule has 2 rings (SSSR count). The van der Waals surface area contributed by atoms with Crippen molar-refractivity contribution < 1.29 is 9.32 Å². The number of hydrogen-bond donors (Lipinski definition) is 1. The number of aromatic nitrogens is 3. The van der Waals surface area contributed by atoms with Crippen LogP contribution in [0.4, 0.5) is 0 Å². The Morgan fingerprint density at radius 2 is 2.17 bits per heavy atom. The molecular weight excluding hydrogens is 256 g/mol. The van der Waals surface area contributed by atoms with Crippen molar-refractivity contribution in [2.45, 2.75) is 20.4 Å². The van der Waals surface area contributed by atoms with Crippen molar-refractivity contribution in [2.24, 2.45) is 0 Å². The number of hydrogen-bond acceptors (Lipinski definition) is 5. The highest BCUT2D eigenvalue weighted by Crippen LogP contribution is 2.11. The van der Waals surface area contributed by atoms with E-state index < -0.39 is 0 Å². The van der Waals surface area contributed by atoms with Crippen LogP contribution < -0.4 is 5.32 Å². The minimum Gasteiger partial charge on any atom is -0.361 e. The maximum Gasteiger partial charge on any atom is 0.271 e. The fraction of sp³-hybridized carbons (Fsp3) is 0.273. The van der Waals surface area contributed by atoms with Crippen LogP contribution in [0.1, 0.15) is 27.5 Å². The molecule has 0 atom stereocenters. The summed E-state index contributed by atoms with van der Waals surface area (Å²) < 4.78 is 5.00. The smallest absolute Gasteiger partial charge is 0.271 e. The van der Waals surface area contributed by atoms with Gasteiger partial charge in [0.1, 0.15) is 16.6 Å². The highest BCUT2D eigenvalue weighted by atomic mass is 35.5. The van der Waals surface area contributed by atoms with Crippen LogP contribution in [0.2, 0.25) is 5.15 Å². The standard InChI is InChI=1S/C11H11ClN4O2/c1-6-8(7(2)18-16-6)3-15-11(17)9-4-14-10(12)5-13-9/h4-5H,3H2,1-2H3,(H,15,17). The lowest BCUT2D eigenvalue weighted by Crippen LogP contribution is -2.24. The van der Waals surface area contributed by atoms with E-state index in [1.807, 2.05) is 6.92 Å². The van der Waals surface area contributed by atoms with E-state index in [-0.39, 0.29) is 16.8 Å². The molecule has 7 heteroatoms. The van der Waals surface area contributed by atoms with Gasteiger partial charge in [0, 0.05) is 12.1 Å². The SMILES string of the molecule is Cc1noc(C)c1CNC(=O)c1cnc(Cl)cn1. The average Bonchev–Trinajstić information content (AvgIpc) is 2.67. The molecule has 0 aliphatic rings. The Morgan fingerprint density at radius 3 is 2.72 bits per heavy atom. The Balaban J connectivity index is 2.03. The van der Waals surface area contributed by atoms with Gasteiger partial charge in [0.15, 0.2) is 0 Å². The number of aryl methyl sites for hydroxylation is 2. The zero-order valence-corrected chi connectivity index (χ0v) is 10.7. The number of nitrogens with one attached hydrogen (secondary N) is 1. The van der Waals surface area contributed by atoms with Gasteiger partial charge < -0.3 is 9.84 Å². The summed E-state index contributed by atoms with van der Waals surface area (Å²) >= 11 is 5.59. The second kappa shape index (κ2) is 5.14. The van der Waals surface area contributed by atoms with Crippen LogP contribution in [-0.2, 0) is 6.54 Å². The molecule has 0 aromatic carbocycles. The predicted octanol–water partition coefficient (Wildman–Crippen LogP) is 1.66. The molecule has 1 amide bonds. The van der Waals surface area contributed by atoms with Gasteiger partial charge in [0.05, 0.1) is 18.1 Å². The second-order valence-electron chi connectivity index (χ2n) is 3.71. The normalized spacial score (nSPS) is 10.4. The van der Waals surface area contributed by atoms with Crippen molar-refractivity contribution in [3.63, 3.8) is 0 Å². The maximum atomic E-state index is 11.8. The molecule has 1 N–H and O–H groups in total. The highest BCUT2D eigenvalue weighted by Gasteiger charge is 2.12. The molecule has 0 spiro atoms. The van der Waals surface area contributed by atoms with Crippen molar-refractivity contribution >= 4 is 17.5 Å². The number of carbonyl (C=O) groups is 1. The van der Waals surface area contributed by atoms with Gasteiger partial charge in [-0.05, 0) is 13.8 Å². The van der Waals surface area contributed by atoms with Crippen molar-refractivity contribution in [3.05, 3.63) is 40.3 Å².